The van der Waals surface area contributed by atoms with E-state index < -0.39 is 0 Å². The maximum atomic E-state index is 9.84. The summed E-state index contributed by atoms with van der Waals surface area (Å²) >= 11 is 0. The summed E-state index contributed by atoms with van der Waals surface area (Å²) in [5, 5.41) is 9.84. The Morgan fingerprint density at radius 3 is 2.62 bits per heavy atom. The first-order chi connectivity index (χ1) is 11.7. The largest absolute Gasteiger partial charge is 0.393 e. The van der Waals surface area contributed by atoms with E-state index in [0.717, 1.165) is 75.6 Å². The van der Waals surface area contributed by atoms with Crippen LogP contribution in [-0.2, 0) is 6.42 Å². The maximum Gasteiger partial charge on any atom is 0.132 e. The zero-order valence-corrected chi connectivity index (χ0v) is 15.2. The third kappa shape index (κ3) is 4.45. The van der Waals surface area contributed by atoms with E-state index in [1.54, 1.807) is 0 Å². The van der Waals surface area contributed by atoms with E-state index in [1.165, 1.54) is 12.8 Å². The number of aliphatic hydroxyl groups excluding tert-OH is 1. The smallest absolute Gasteiger partial charge is 0.132 e. The Kier molecular flexibility index (Phi) is 6.06. The zero-order valence-electron chi connectivity index (χ0n) is 15.2. The Morgan fingerprint density at radius 1 is 1.08 bits per heavy atom. The fraction of sp³-hybridized carbons (Fsp3) is 0.789. The second-order valence-electron chi connectivity index (χ2n) is 7.37. The molecular weight excluding hydrogens is 300 g/mol. The molecule has 3 rings (SSSR count). The number of rotatable bonds is 4. The van der Waals surface area contributed by atoms with Gasteiger partial charge in [-0.25, -0.2) is 9.97 Å². The van der Waals surface area contributed by atoms with Crippen LogP contribution in [0.15, 0.2) is 6.07 Å². The van der Waals surface area contributed by atoms with E-state index in [-0.39, 0.29) is 6.10 Å². The van der Waals surface area contributed by atoms with Gasteiger partial charge in [-0.2, -0.15) is 0 Å². The Hall–Kier alpha value is -1.20. The highest BCUT2D eigenvalue weighted by Gasteiger charge is 2.27. The average molecular weight is 332 g/mol. The molecule has 5 heteroatoms. The van der Waals surface area contributed by atoms with Crippen molar-refractivity contribution in [2.45, 2.75) is 70.9 Å². The molecule has 1 aromatic rings. The molecule has 0 bridgehead atoms. The minimum absolute atomic E-state index is 0.0870. The number of aliphatic hydroxyl groups is 1. The number of hydrogen-bond acceptors (Lipinski definition) is 5. The van der Waals surface area contributed by atoms with Gasteiger partial charge in [-0.05, 0) is 52.0 Å². The Morgan fingerprint density at radius 2 is 1.88 bits per heavy atom. The van der Waals surface area contributed by atoms with E-state index in [1.807, 2.05) is 0 Å². The summed E-state index contributed by atoms with van der Waals surface area (Å²) in [6.07, 6.45) is 7.39. The van der Waals surface area contributed by atoms with E-state index in [0.29, 0.717) is 6.04 Å². The van der Waals surface area contributed by atoms with Gasteiger partial charge < -0.3 is 14.9 Å². The molecule has 2 aliphatic rings. The van der Waals surface area contributed by atoms with Crippen molar-refractivity contribution in [2.24, 2.45) is 0 Å². The third-order valence-corrected chi connectivity index (χ3v) is 5.40. The van der Waals surface area contributed by atoms with Crippen molar-refractivity contribution in [3.8, 4) is 0 Å². The van der Waals surface area contributed by atoms with Gasteiger partial charge in [0.25, 0.3) is 0 Å². The summed E-state index contributed by atoms with van der Waals surface area (Å²) in [6.45, 7) is 8.60. The fourth-order valence-corrected chi connectivity index (χ4v) is 4.04. The lowest BCUT2D eigenvalue weighted by Gasteiger charge is -2.38. The van der Waals surface area contributed by atoms with Crippen LogP contribution in [-0.4, -0.2) is 58.3 Å². The van der Waals surface area contributed by atoms with E-state index in [2.05, 4.69) is 34.7 Å². The van der Waals surface area contributed by atoms with Crippen LogP contribution in [0.2, 0.25) is 0 Å². The molecule has 2 saturated heterocycles. The van der Waals surface area contributed by atoms with Crippen LogP contribution >= 0.6 is 0 Å². The standard InChI is InChI=1S/C19H32N4O/c1-3-5-18-20-15(2)14-19(21-18)23-11-7-16(8-12-23)22-10-4-6-17(24)9-13-22/h14,16-17,24H,3-13H2,1-2H3/t17-/m1/s1. The van der Waals surface area contributed by atoms with Crippen molar-refractivity contribution >= 4 is 5.82 Å². The van der Waals surface area contributed by atoms with Crippen LogP contribution in [0.3, 0.4) is 0 Å². The summed E-state index contributed by atoms with van der Waals surface area (Å²) in [6, 6.07) is 2.80. The number of aromatic nitrogens is 2. The first-order valence-corrected chi connectivity index (χ1v) is 9.67. The zero-order chi connectivity index (χ0) is 16.9. The molecule has 0 aliphatic carbocycles. The maximum absolute atomic E-state index is 9.84. The summed E-state index contributed by atoms with van der Waals surface area (Å²) in [5.41, 5.74) is 1.08. The van der Waals surface area contributed by atoms with Gasteiger partial charge in [0.2, 0.25) is 0 Å². The number of hydrogen-bond donors (Lipinski definition) is 1. The number of nitrogens with zero attached hydrogens (tertiary/aromatic N) is 4. The van der Waals surface area contributed by atoms with Gasteiger partial charge in [-0.15, -0.1) is 0 Å². The highest BCUT2D eigenvalue weighted by Crippen LogP contribution is 2.24. The van der Waals surface area contributed by atoms with E-state index in [4.69, 9.17) is 4.98 Å². The van der Waals surface area contributed by atoms with Crippen LogP contribution in [0.5, 0.6) is 0 Å². The van der Waals surface area contributed by atoms with Gasteiger partial charge in [0, 0.05) is 43.9 Å². The minimum Gasteiger partial charge on any atom is -0.393 e. The summed E-state index contributed by atoms with van der Waals surface area (Å²) in [7, 11) is 0. The molecule has 5 nitrogen and oxygen atoms in total. The molecule has 2 fully saturated rings. The quantitative estimate of drug-likeness (QED) is 0.918. The molecule has 24 heavy (non-hydrogen) atoms. The molecule has 1 atom stereocenters. The third-order valence-electron chi connectivity index (χ3n) is 5.40. The average Bonchev–Trinajstić information content (AvgIpc) is 2.79. The Balaban J connectivity index is 1.58. The summed E-state index contributed by atoms with van der Waals surface area (Å²) in [4.78, 5) is 14.4. The SMILES string of the molecule is CCCc1nc(C)cc(N2CCC(N3CCC[C@@H](O)CC3)CC2)n1. The van der Waals surface area contributed by atoms with Gasteiger partial charge in [-0.1, -0.05) is 6.92 Å². The molecule has 0 unspecified atom stereocenters. The van der Waals surface area contributed by atoms with Crippen LogP contribution in [0.25, 0.3) is 0 Å². The molecule has 0 radical (unpaired) electrons. The van der Waals surface area contributed by atoms with Crippen molar-refractivity contribution in [1.29, 1.82) is 0 Å². The second-order valence-corrected chi connectivity index (χ2v) is 7.37. The van der Waals surface area contributed by atoms with Gasteiger partial charge in [0.05, 0.1) is 6.10 Å². The van der Waals surface area contributed by atoms with E-state index in [9.17, 15) is 5.11 Å². The molecular formula is C19H32N4O. The highest BCUT2D eigenvalue weighted by atomic mass is 16.3. The van der Waals surface area contributed by atoms with Crippen molar-refractivity contribution < 1.29 is 5.11 Å². The minimum atomic E-state index is -0.0870. The van der Waals surface area contributed by atoms with Crippen LogP contribution < -0.4 is 4.90 Å². The van der Waals surface area contributed by atoms with Crippen molar-refractivity contribution in [3.63, 3.8) is 0 Å². The topological polar surface area (TPSA) is 52.5 Å². The molecule has 3 heterocycles. The van der Waals surface area contributed by atoms with Crippen molar-refractivity contribution in [3.05, 3.63) is 17.6 Å². The van der Waals surface area contributed by atoms with Gasteiger partial charge in [-0.3, -0.25) is 0 Å². The summed E-state index contributed by atoms with van der Waals surface area (Å²) in [5.74, 6) is 2.09. The monoisotopic (exact) mass is 332 g/mol. The van der Waals surface area contributed by atoms with Crippen LogP contribution in [0, 0.1) is 6.92 Å². The number of piperidine rings is 1. The highest BCUT2D eigenvalue weighted by molar-refractivity contribution is 5.40. The van der Waals surface area contributed by atoms with Gasteiger partial charge >= 0.3 is 0 Å². The summed E-state index contributed by atoms with van der Waals surface area (Å²) < 4.78 is 0. The molecule has 0 spiro atoms. The lowest BCUT2D eigenvalue weighted by molar-refractivity contribution is 0.140. The van der Waals surface area contributed by atoms with Gasteiger partial charge in [0.15, 0.2) is 0 Å². The molecule has 1 aromatic heterocycles. The molecule has 0 saturated carbocycles. The molecule has 134 valence electrons. The lowest BCUT2D eigenvalue weighted by atomic mass is 10.0. The molecule has 1 N–H and O–H groups in total. The lowest BCUT2D eigenvalue weighted by Crippen LogP contribution is -2.45. The first-order valence-electron chi connectivity index (χ1n) is 9.67. The Labute approximate surface area is 146 Å². The second kappa shape index (κ2) is 8.26. The predicted molar refractivity (Wildman–Crippen MR) is 97.4 cm³/mol. The predicted octanol–water partition coefficient (Wildman–Crippen LogP) is 2.55. The molecule has 2 aliphatic heterocycles. The van der Waals surface area contributed by atoms with Crippen molar-refractivity contribution in [2.75, 3.05) is 31.1 Å². The number of likely N-dealkylation sites (tertiary alicyclic amines) is 1. The van der Waals surface area contributed by atoms with E-state index >= 15 is 0 Å². The van der Waals surface area contributed by atoms with Crippen LogP contribution in [0.4, 0.5) is 5.82 Å². The van der Waals surface area contributed by atoms with Gasteiger partial charge in [0.1, 0.15) is 11.6 Å². The normalized spacial score (nSPS) is 24.1. The van der Waals surface area contributed by atoms with Crippen LogP contribution in [0.1, 0.15) is 57.0 Å². The first kappa shape index (κ1) is 17.6. The Bertz CT molecular complexity index is 528. The number of anilines is 1. The van der Waals surface area contributed by atoms with Crippen molar-refractivity contribution in [1.82, 2.24) is 14.9 Å². The fourth-order valence-electron chi connectivity index (χ4n) is 4.04. The number of aryl methyl sites for hydroxylation is 2. The molecule has 0 aromatic carbocycles. The molecule has 0 amide bonds.